The van der Waals surface area contributed by atoms with Gasteiger partial charge in [0.15, 0.2) is 5.69 Å². The predicted octanol–water partition coefficient (Wildman–Crippen LogP) is 5.02. The van der Waals surface area contributed by atoms with Crippen molar-refractivity contribution in [3.63, 3.8) is 0 Å². The Bertz CT molecular complexity index is 1220. The Kier molecular flexibility index (Phi) is 7.14. The van der Waals surface area contributed by atoms with Crippen molar-refractivity contribution in [2.24, 2.45) is 0 Å². The van der Waals surface area contributed by atoms with E-state index in [1.165, 1.54) is 19.4 Å². The molecule has 1 fully saturated rings. The molecule has 1 aromatic carbocycles. The molecule has 0 spiro atoms. The van der Waals surface area contributed by atoms with Gasteiger partial charge in [0.25, 0.3) is 0 Å². The van der Waals surface area contributed by atoms with Crippen LogP contribution in [0, 0.1) is 0 Å². The van der Waals surface area contributed by atoms with E-state index in [9.17, 15) is 18.0 Å². The lowest BCUT2D eigenvalue weighted by Crippen LogP contribution is -2.54. The van der Waals surface area contributed by atoms with Crippen LogP contribution in [-0.2, 0) is 17.5 Å². The molecule has 12 heteroatoms. The van der Waals surface area contributed by atoms with Crippen molar-refractivity contribution < 1.29 is 22.7 Å². The van der Waals surface area contributed by atoms with Crippen LogP contribution < -0.4 is 9.64 Å². The summed E-state index contributed by atoms with van der Waals surface area (Å²) in [6.07, 6.45) is -3.33. The highest BCUT2D eigenvalue weighted by Crippen LogP contribution is 2.39. The van der Waals surface area contributed by atoms with Crippen molar-refractivity contribution in [3.05, 3.63) is 58.3 Å². The number of alkyl halides is 3. The summed E-state index contributed by atoms with van der Waals surface area (Å²) in [6.45, 7) is 2.92. The number of aromatic nitrogens is 3. The lowest BCUT2D eigenvalue weighted by Gasteiger charge is -2.41. The number of rotatable bonds is 5. The highest BCUT2D eigenvalue weighted by Gasteiger charge is 2.40. The summed E-state index contributed by atoms with van der Waals surface area (Å²) >= 11 is 12.2. The van der Waals surface area contributed by atoms with Crippen molar-refractivity contribution in [3.8, 4) is 17.1 Å². The fraction of sp³-hybridized carbons (Fsp3) is 0.348. The van der Waals surface area contributed by atoms with E-state index in [0.29, 0.717) is 30.4 Å². The Hall–Kier alpha value is -2.98. The number of anilines is 1. The summed E-state index contributed by atoms with van der Waals surface area (Å²) < 4.78 is 46.8. The summed E-state index contributed by atoms with van der Waals surface area (Å²) in [5, 5.41) is 3.56. The molecule has 186 valence electrons. The molecule has 7 nitrogen and oxygen atoms in total. The number of carbonyl (C=O) groups excluding carboxylic acids is 1. The van der Waals surface area contributed by atoms with Crippen molar-refractivity contribution in [1.82, 2.24) is 19.7 Å². The Labute approximate surface area is 210 Å². The second kappa shape index (κ2) is 9.94. The number of hydrogen-bond acceptors (Lipinski definition) is 5. The van der Waals surface area contributed by atoms with Gasteiger partial charge in [0.2, 0.25) is 5.91 Å². The summed E-state index contributed by atoms with van der Waals surface area (Å²) in [4.78, 5) is 21.0. The molecule has 1 aliphatic heterocycles. The monoisotopic (exact) mass is 527 g/mol. The van der Waals surface area contributed by atoms with E-state index >= 15 is 0 Å². The van der Waals surface area contributed by atoms with Crippen LogP contribution in [0.1, 0.15) is 12.6 Å². The van der Waals surface area contributed by atoms with Crippen molar-refractivity contribution in [2.75, 3.05) is 31.6 Å². The van der Waals surface area contributed by atoms with Gasteiger partial charge in [-0.2, -0.15) is 18.3 Å². The molecule has 0 radical (unpaired) electrons. The van der Waals surface area contributed by atoms with Gasteiger partial charge in [-0.05, 0) is 31.2 Å². The number of halogens is 5. The van der Waals surface area contributed by atoms with Gasteiger partial charge in [0.05, 0.1) is 17.8 Å². The molecule has 35 heavy (non-hydrogen) atoms. The first-order valence-electron chi connectivity index (χ1n) is 10.7. The molecule has 2 aromatic heterocycles. The van der Waals surface area contributed by atoms with E-state index < -0.39 is 23.4 Å². The minimum absolute atomic E-state index is 0.0486. The maximum atomic E-state index is 13.5. The van der Waals surface area contributed by atoms with Crippen LogP contribution in [-0.4, -0.2) is 58.4 Å². The van der Waals surface area contributed by atoms with Gasteiger partial charge in [-0.15, -0.1) is 0 Å². The smallest absolute Gasteiger partial charge is 0.436 e. The fourth-order valence-electron chi connectivity index (χ4n) is 4.11. The molecule has 1 saturated heterocycles. The average Bonchev–Trinajstić information content (AvgIpc) is 3.15. The minimum atomic E-state index is -4.77. The fourth-order valence-corrected chi connectivity index (χ4v) is 4.64. The van der Waals surface area contributed by atoms with E-state index in [1.807, 2.05) is 19.1 Å². The van der Waals surface area contributed by atoms with Crippen molar-refractivity contribution >= 4 is 34.8 Å². The number of amides is 1. The SMILES string of the molecule is COc1cc(N2CCN(C(=O)Cn3nc(C(F)(F)F)c(Cl)c3-c3ccccn3)[C@@H](C)C2)ccc1Cl. The number of hydrogen-bond donors (Lipinski definition) is 0. The molecule has 1 aliphatic rings. The topological polar surface area (TPSA) is 63.5 Å². The number of pyridine rings is 1. The summed E-state index contributed by atoms with van der Waals surface area (Å²) in [5.41, 5.74) is -0.200. The average molecular weight is 528 g/mol. The number of nitrogens with zero attached hydrogens (tertiary/aromatic N) is 5. The molecule has 1 atom stereocenters. The molecule has 0 aliphatic carbocycles. The molecule has 0 saturated carbocycles. The third kappa shape index (κ3) is 5.18. The molecule has 0 bridgehead atoms. The predicted molar refractivity (Wildman–Crippen MR) is 127 cm³/mol. The van der Waals surface area contributed by atoms with E-state index in [2.05, 4.69) is 15.0 Å². The maximum absolute atomic E-state index is 13.5. The third-order valence-electron chi connectivity index (χ3n) is 5.80. The number of methoxy groups -OCH3 is 1. The standard InChI is InChI=1S/C23H22Cl2F3N5O2/c1-14-12-31(15-6-7-16(24)18(11-15)35-2)9-10-32(14)19(34)13-33-21(17-5-3-4-8-29-17)20(25)22(30-33)23(26,27)28/h3-8,11,14H,9-10,12-13H2,1-2H3/t14-/m0/s1. The lowest BCUT2D eigenvalue weighted by atomic mass is 10.1. The molecule has 3 aromatic rings. The Balaban J connectivity index is 1.55. The number of carbonyl (C=O) groups is 1. The summed E-state index contributed by atoms with van der Waals surface area (Å²) in [6, 6.07) is 10.0. The van der Waals surface area contributed by atoms with Gasteiger partial charge in [0, 0.05) is 43.6 Å². The van der Waals surface area contributed by atoms with Gasteiger partial charge in [-0.3, -0.25) is 14.5 Å². The highest BCUT2D eigenvalue weighted by atomic mass is 35.5. The van der Waals surface area contributed by atoms with Crippen LogP contribution in [0.3, 0.4) is 0 Å². The van der Waals surface area contributed by atoms with Crippen LogP contribution in [0.5, 0.6) is 5.75 Å². The van der Waals surface area contributed by atoms with Crippen LogP contribution in [0.25, 0.3) is 11.4 Å². The minimum Gasteiger partial charge on any atom is -0.495 e. The lowest BCUT2D eigenvalue weighted by molar-refractivity contribution is -0.142. The van der Waals surface area contributed by atoms with Gasteiger partial charge < -0.3 is 14.5 Å². The molecule has 4 rings (SSSR count). The van der Waals surface area contributed by atoms with Crippen LogP contribution in [0.4, 0.5) is 18.9 Å². The van der Waals surface area contributed by atoms with Crippen LogP contribution in [0.2, 0.25) is 10.0 Å². The van der Waals surface area contributed by atoms with Crippen LogP contribution in [0.15, 0.2) is 42.6 Å². The zero-order chi connectivity index (χ0) is 25.3. The quantitative estimate of drug-likeness (QED) is 0.466. The van der Waals surface area contributed by atoms with Crippen molar-refractivity contribution in [2.45, 2.75) is 25.7 Å². The molecule has 1 amide bonds. The van der Waals surface area contributed by atoms with E-state index in [0.717, 1.165) is 10.4 Å². The normalized spacial score (nSPS) is 16.5. The first-order valence-corrected chi connectivity index (χ1v) is 11.5. The van der Waals surface area contributed by atoms with E-state index in [-0.39, 0.29) is 23.3 Å². The Morgan fingerprint density at radius 3 is 2.60 bits per heavy atom. The van der Waals surface area contributed by atoms with Gasteiger partial charge in [-0.25, -0.2) is 0 Å². The maximum Gasteiger partial charge on any atom is 0.436 e. The van der Waals surface area contributed by atoms with Crippen molar-refractivity contribution in [1.29, 1.82) is 0 Å². The Morgan fingerprint density at radius 1 is 1.20 bits per heavy atom. The molecule has 3 heterocycles. The number of benzene rings is 1. The zero-order valence-electron chi connectivity index (χ0n) is 18.9. The second-order valence-corrected chi connectivity index (χ2v) is 8.87. The van der Waals surface area contributed by atoms with Gasteiger partial charge >= 0.3 is 6.18 Å². The number of ether oxygens (including phenoxy) is 1. The molecular weight excluding hydrogens is 506 g/mol. The zero-order valence-corrected chi connectivity index (χ0v) is 20.4. The largest absolute Gasteiger partial charge is 0.495 e. The molecular formula is C23H22Cl2F3N5O2. The first-order chi connectivity index (χ1) is 16.6. The third-order valence-corrected chi connectivity index (χ3v) is 6.47. The molecule has 0 N–H and O–H groups in total. The van der Waals surface area contributed by atoms with E-state index in [4.69, 9.17) is 27.9 Å². The molecule has 0 unspecified atom stereocenters. The highest BCUT2D eigenvalue weighted by molar-refractivity contribution is 6.33. The van der Waals surface area contributed by atoms with Gasteiger partial charge in [-0.1, -0.05) is 29.3 Å². The summed E-state index contributed by atoms with van der Waals surface area (Å²) in [5.74, 6) is 0.185. The number of piperazine rings is 1. The van der Waals surface area contributed by atoms with E-state index in [1.54, 1.807) is 23.1 Å². The summed E-state index contributed by atoms with van der Waals surface area (Å²) in [7, 11) is 1.54. The van der Waals surface area contributed by atoms with Crippen LogP contribution >= 0.6 is 23.2 Å². The first kappa shape index (κ1) is 25.1. The Morgan fingerprint density at radius 2 is 1.97 bits per heavy atom. The van der Waals surface area contributed by atoms with Gasteiger partial charge in [0.1, 0.15) is 23.0 Å². The second-order valence-electron chi connectivity index (χ2n) is 8.08.